The summed E-state index contributed by atoms with van der Waals surface area (Å²) in [4.78, 5) is 11.5. The molecule has 1 aromatic heterocycles. The van der Waals surface area contributed by atoms with Crippen LogP contribution in [0.5, 0.6) is 0 Å². The maximum absolute atomic E-state index is 11.5. The molecule has 0 saturated heterocycles. The van der Waals surface area contributed by atoms with Crippen molar-refractivity contribution < 1.29 is 18.8 Å². The second kappa shape index (κ2) is 8.37. The number of hydrogen-bond acceptors (Lipinski definition) is 3. The minimum absolute atomic E-state index is 0.0820. The molecule has 1 aromatic rings. The Morgan fingerprint density at radius 2 is 1.65 bits per heavy atom. The molecule has 1 heterocycles. The normalized spacial score (nSPS) is 12.3. The first kappa shape index (κ1) is 19.5. The van der Waals surface area contributed by atoms with Gasteiger partial charge in [-0.15, -0.1) is 0 Å². The summed E-state index contributed by atoms with van der Waals surface area (Å²) in [6.45, 7) is 14.6. The second-order valence-corrected chi connectivity index (χ2v) is 8.19. The van der Waals surface area contributed by atoms with Crippen molar-refractivity contribution in [3.63, 3.8) is 0 Å². The van der Waals surface area contributed by atoms with Gasteiger partial charge in [-0.05, 0) is 39.0 Å². The predicted octanol–water partition coefficient (Wildman–Crippen LogP) is 3.90. The van der Waals surface area contributed by atoms with Crippen LogP contribution in [0.3, 0.4) is 0 Å². The third kappa shape index (κ3) is 8.62. The van der Waals surface area contributed by atoms with Crippen LogP contribution in [0.15, 0.2) is 18.7 Å². The third-order valence-electron chi connectivity index (χ3n) is 3.54. The van der Waals surface area contributed by atoms with Gasteiger partial charge in [0, 0.05) is 6.42 Å². The molecular formula is C18H33N2O3+. The fraction of sp³-hybridized carbons (Fsp3) is 0.778. The zero-order valence-electron chi connectivity index (χ0n) is 15.6. The van der Waals surface area contributed by atoms with Gasteiger partial charge in [-0.3, -0.25) is 0 Å². The standard InChI is InChI=1S/C18H33N2O3/c1-17(2,3)9-7-13-22-16(21)23-14-8-10-19-11-12-20(15-19)18(4,5)6/h11-12,15H,7-10,13-14H2,1-6H3/q+1. The molecule has 0 saturated carbocycles. The lowest BCUT2D eigenvalue weighted by atomic mass is 9.91. The molecule has 0 aromatic carbocycles. The Morgan fingerprint density at radius 3 is 2.17 bits per heavy atom. The van der Waals surface area contributed by atoms with E-state index in [4.69, 9.17) is 9.47 Å². The average molecular weight is 325 g/mol. The highest BCUT2D eigenvalue weighted by atomic mass is 16.7. The van der Waals surface area contributed by atoms with E-state index in [1.165, 1.54) is 0 Å². The smallest absolute Gasteiger partial charge is 0.434 e. The molecule has 0 bridgehead atoms. The van der Waals surface area contributed by atoms with Gasteiger partial charge >= 0.3 is 6.16 Å². The number of imidazole rings is 1. The van der Waals surface area contributed by atoms with E-state index in [2.05, 4.69) is 63.2 Å². The number of ether oxygens (including phenoxy) is 2. The zero-order chi connectivity index (χ0) is 17.5. The van der Waals surface area contributed by atoms with Crippen LogP contribution in [-0.4, -0.2) is 23.9 Å². The van der Waals surface area contributed by atoms with Crippen molar-refractivity contribution >= 4 is 6.16 Å². The second-order valence-electron chi connectivity index (χ2n) is 8.19. The Morgan fingerprint density at radius 1 is 1.04 bits per heavy atom. The third-order valence-corrected chi connectivity index (χ3v) is 3.54. The van der Waals surface area contributed by atoms with Gasteiger partial charge in [0.25, 0.3) is 0 Å². The molecule has 1 rings (SSSR count). The van der Waals surface area contributed by atoms with Gasteiger partial charge in [0.05, 0.1) is 19.8 Å². The number of carbonyl (C=O) groups is 1. The van der Waals surface area contributed by atoms with Gasteiger partial charge in [0.1, 0.15) is 17.9 Å². The minimum atomic E-state index is -0.559. The van der Waals surface area contributed by atoms with Gasteiger partial charge in [0.2, 0.25) is 6.33 Å². The predicted molar refractivity (Wildman–Crippen MR) is 90.2 cm³/mol. The average Bonchev–Trinajstić information content (AvgIpc) is 2.87. The van der Waals surface area contributed by atoms with Crippen molar-refractivity contribution in [3.8, 4) is 0 Å². The maximum Gasteiger partial charge on any atom is 0.508 e. The van der Waals surface area contributed by atoms with Gasteiger partial charge in [-0.1, -0.05) is 20.8 Å². The summed E-state index contributed by atoms with van der Waals surface area (Å²) < 4.78 is 14.4. The molecule has 0 aliphatic rings. The molecule has 0 unspecified atom stereocenters. The summed E-state index contributed by atoms with van der Waals surface area (Å²) in [5, 5.41) is 0. The van der Waals surface area contributed by atoms with E-state index in [-0.39, 0.29) is 11.0 Å². The molecule has 5 nitrogen and oxygen atoms in total. The van der Waals surface area contributed by atoms with Crippen LogP contribution in [0, 0.1) is 5.41 Å². The van der Waals surface area contributed by atoms with Crippen molar-refractivity contribution in [3.05, 3.63) is 18.7 Å². The van der Waals surface area contributed by atoms with Crippen LogP contribution in [-0.2, 0) is 21.6 Å². The lowest BCUT2D eigenvalue weighted by Crippen LogP contribution is -2.33. The molecule has 0 aliphatic heterocycles. The van der Waals surface area contributed by atoms with Crippen molar-refractivity contribution in [1.82, 2.24) is 4.57 Å². The summed E-state index contributed by atoms with van der Waals surface area (Å²) in [5.74, 6) is 0. The largest absolute Gasteiger partial charge is 0.508 e. The molecule has 0 amide bonds. The first-order valence-corrected chi connectivity index (χ1v) is 8.45. The lowest BCUT2D eigenvalue weighted by Gasteiger charge is -2.17. The van der Waals surface area contributed by atoms with E-state index in [1.54, 1.807) is 0 Å². The Hall–Kier alpha value is -1.52. The summed E-state index contributed by atoms with van der Waals surface area (Å²) in [6.07, 6.45) is 8.29. The topological polar surface area (TPSA) is 44.3 Å². The lowest BCUT2D eigenvalue weighted by molar-refractivity contribution is -0.697. The summed E-state index contributed by atoms with van der Waals surface area (Å²) in [6, 6.07) is 0. The Balaban J connectivity index is 2.12. The van der Waals surface area contributed by atoms with Crippen LogP contribution in [0.25, 0.3) is 0 Å². The van der Waals surface area contributed by atoms with E-state index in [9.17, 15) is 4.79 Å². The molecule has 0 aliphatic carbocycles. The minimum Gasteiger partial charge on any atom is -0.434 e. The van der Waals surface area contributed by atoms with Crippen LogP contribution in [0.4, 0.5) is 4.79 Å². The van der Waals surface area contributed by atoms with E-state index in [1.807, 2.05) is 6.20 Å². The first-order chi connectivity index (χ1) is 10.6. The van der Waals surface area contributed by atoms with E-state index < -0.39 is 6.16 Å². The number of hydrogen-bond donors (Lipinski definition) is 0. The van der Waals surface area contributed by atoms with Crippen LogP contribution in [0.2, 0.25) is 0 Å². The van der Waals surface area contributed by atoms with Crippen LogP contribution >= 0.6 is 0 Å². The summed E-state index contributed by atoms with van der Waals surface area (Å²) in [5.41, 5.74) is 0.354. The fourth-order valence-electron chi connectivity index (χ4n) is 2.13. The molecule has 0 fully saturated rings. The molecule has 0 radical (unpaired) electrons. The van der Waals surface area contributed by atoms with Gasteiger partial charge in [-0.2, -0.15) is 0 Å². The van der Waals surface area contributed by atoms with Crippen LogP contribution in [0.1, 0.15) is 60.8 Å². The van der Waals surface area contributed by atoms with Crippen molar-refractivity contribution in [2.75, 3.05) is 13.2 Å². The number of rotatable bonds is 7. The number of aryl methyl sites for hydroxylation is 1. The Labute approximate surface area is 140 Å². The Bertz CT molecular complexity index is 481. The molecular weight excluding hydrogens is 292 g/mol. The van der Waals surface area contributed by atoms with E-state index in [0.717, 1.165) is 25.8 Å². The molecule has 0 atom stereocenters. The van der Waals surface area contributed by atoms with E-state index in [0.29, 0.717) is 13.2 Å². The number of aromatic nitrogens is 2. The van der Waals surface area contributed by atoms with Crippen molar-refractivity contribution in [1.29, 1.82) is 0 Å². The number of nitrogens with zero attached hydrogens (tertiary/aromatic N) is 2. The zero-order valence-corrected chi connectivity index (χ0v) is 15.6. The highest BCUT2D eigenvalue weighted by molar-refractivity contribution is 5.59. The van der Waals surface area contributed by atoms with Gasteiger partial charge in [0.15, 0.2) is 0 Å². The van der Waals surface area contributed by atoms with E-state index >= 15 is 0 Å². The molecule has 23 heavy (non-hydrogen) atoms. The maximum atomic E-state index is 11.5. The quantitative estimate of drug-likeness (QED) is 0.434. The van der Waals surface area contributed by atoms with Crippen LogP contribution < -0.4 is 4.57 Å². The summed E-state index contributed by atoms with van der Waals surface area (Å²) >= 11 is 0. The molecule has 0 spiro atoms. The van der Waals surface area contributed by atoms with Crippen molar-refractivity contribution in [2.45, 2.75) is 72.9 Å². The fourth-order valence-corrected chi connectivity index (χ4v) is 2.13. The highest BCUT2D eigenvalue weighted by Gasteiger charge is 2.18. The Kier molecular flexibility index (Phi) is 7.10. The monoisotopic (exact) mass is 325 g/mol. The van der Waals surface area contributed by atoms with Gasteiger partial charge in [-0.25, -0.2) is 13.9 Å². The molecule has 0 N–H and O–H groups in total. The summed E-state index contributed by atoms with van der Waals surface area (Å²) in [7, 11) is 0. The first-order valence-electron chi connectivity index (χ1n) is 8.45. The number of carbonyl (C=O) groups excluding carboxylic acids is 1. The van der Waals surface area contributed by atoms with Gasteiger partial charge < -0.3 is 9.47 Å². The van der Waals surface area contributed by atoms with Crippen molar-refractivity contribution in [2.24, 2.45) is 5.41 Å². The molecule has 5 heteroatoms. The molecule has 132 valence electrons. The highest BCUT2D eigenvalue weighted by Crippen LogP contribution is 2.20. The SMILES string of the molecule is CC(C)(C)CCCOC(=O)OCCC[n+]1ccn(C(C)(C)C)c1.